The number of thiazole rings is 1. The van der Waals surface area contributed by atoms with Crippen molar-refractivity contribution in [2.24, 2.45) is 5.41 Å². The predicted molar refractivity (Wildman–Crippen MR) is 65.6 cm³/mol. The first-order valence-electron chi connectivity index (χ1n) is 5.04. The smallest absolute Gasteiger partial charge is 0.306 e. The second kappa shape index (κ2) is 4.63. The maximum atomic E-state index is 11.2. The lowest BCUT2D eigenvalue weighted by atomic mass is 10.1. The molecule has 6 heteroatoms. The summed E-state index contributed by atoms with van der Waals surface area (Å²) < 4.78 is 5.68. The van der Waals surface area contributed by atoms with Crippen LogP contribution in [0.3, 0.4) is 0 Å². The summed E-state index contributed by atoms with van der Waals surface area (Å²) in [5, 5.41) is 0.736. The van der Waals surface area contributed by atoms with E-state index in [2.05, 4.69) is 4.98 Å². The van der Waals surface area contributed by atoms with Gasteiger partial charge in [0, 0.05) is 5.75 Å². The molecule has 0 aromatic carbocycles. The number of nitrogens with zero attached hydrogens (tertiary/aromatic N) is 1. The number of nitrogen functional groups attached to an aromatic ring is 1. The van der Waals surface area contributed by atoms with Gasteiger partial charge in [0.2, 0.25) is 0 Å². The van der Waals surface area contributed by atoms with E-state index < -0.39 is 0 Å². The van der Waals surface area contributed by atoms with Gasteiger partial charge >= 0.3 is 5.97 Å². The predicted octanol–water partition coefficient (Wildman–Crippen LogP) is 2.16. The van der Waals surface area contributed by atoms with Gasteiger partial charge in [0.25, 0.3) is 0 Å². The normalized spacial score (nSPS) is 17.1. The molecule has 0 unspecified atom stereocenters. The molecule has 1 saturated carbocycles. The minimum atomic E-state index is -0.114. The second-order valence-corrected chi connectivity index (χ2v) is 6.35. The Morgan fingerprint density at radius 3 is 3.00 bits per heavy atom. The molecule has 0 bridgehead atoms. The molecule has 0 amide bonds. The summed E-state index contributed by atoms with van der Waals surface area (Å²) in [6.45, 7) is 0. The van der Waals surface area contributed by atoms with Crippen molar-refractivity contribution < 1.29 is 9.53 Å². The topological polar surface area (TPSA) is 65.2 Å². The lowest BCUT2D eigenvalue weighted by molar-refractivity contribution is -0.141. The van der Waals surface area contributed by atoms with Crippen LogP contribution in [-0.2, 0) is 9.53 Å². The zero-order chi connectivity index (χ0) is 11.6. The molecule has 0 atom stereocenters. The van der Waals surface area contributed by atoms with Gasteiger partial charge in [-0.25, -0.2) is 4.98 Å². The zero-order valence-corrected chi connectivity index (χ0v) is 10.7. The van der Waals surface area contributed by atoms with Crippen LogP contribution in [0, 0.1) is 5.41 Å². The number of aromatic nitrogens is 1. The molecule has 1 aliphatic rings. The van der Waals surface area contributed by atoms with Crippen molar-refractivity contribution in [1.82, 2.24) is 4.98 Å². The Morgan fingerprint density at radius 2 is 2.50 bits per heavy atom. The molecule has 1 heterocycles. The fraction of sp³-hybridized carbons (Fsp3) is 0.600. The van der Waals surface area contributed by atoms with E-state index in [-0.39, 0.29) is 11.4 Å². The Bertz CT molecular complexity index is 388. The summed E-state index contributed by atoms with van der Waals surface area (Å²) in [6.07, 6.45) is 4.41. The summed E-state index contributed by atoms with van der Waals surface area (Å²) in [4.78, 5) is 15.4. The van der Waals surface area contributed by atoms with Gasteiger partial charge in [-0.15, -0.1) is 0 Å². The Kier molecular flexibility index (Phi) is 3.39. The Morgan fingerprint density at radius 1 is 1.75 bits per heavy atom. The fourth-order valence-corrected chi connectivity index (χ4v) is 3.54. The fourth-order valence-electron chi connectivity index (χ4n) is 1.48. The van der Waals surface area contributed by atoms with Gasteiger partial charge in [0.05, 0.1) is 19.7 Å². The first-order valence-corrected chi connectivity index (χ1v) is 6.85. The highest BCUT2D eigenvalue weighted by Gasteiger charge is 2.44. The van der Waals surface area contributed by atoms with Crippen LogP contribution in [0.2, 0.25) is 0 Å². The summed E-state index contributed by atoms with van der Waals surface area (Å²) >= 11 is 3.18. The van der Waals surface area contributed by atoms with Crippen LogP contribution in [0.5, 0.6) is 0 Å². The van der Waals surface area contributed by atoms with Crippen LogP contribution in [0.4, 0.5) is 5.00 Å². The van der Waals surface area contributed by atoms with Gasteiger partial charge in [-0.2, -0.15) is 0 Å². The van der Waals surface area contributed by atoms with Gasteiger partial charge < -0.3 is 10.5 Å². The summed E-state index contributed by atoms with van der Waals surface area (Å²) in [6, 6.07) is 0. The van der Waals surface area contributed by atoms with E-state index in [0.717, 1.165) is 27.9 Å². The quantitative estimate of drug-likeness (QED) is 0.647. The first kappa shape index (κ1) is 11.7. The van der Waals surface area contributed by atoms with E-state index in [1.807, 2.05) is 0 Å². The molecule has 0 saturated heterocycles. The second-order valence-electron chi connectivity index (χ2n) is 4.07. The van der Waals surface area contributed by atoms with Gasteiger partial charge in [0.15, 0.2) is 4.34 Å². The number of esters is 1. The number of anilines is 1. The van der Waals surface area contributed by atoms with Crippen molar-refractivity contribution in [3.8, 4) is 0 Å². The Hall–Kier alpha value is -0.750. The summed E-state index contributed by atoms with van der Waals surface area (Å²) in [7, 11) is 1.44. The molecular formula is C10H14N2O2S2. The maximum Gasteiger partial charge on any atom is 0.306 e. The van der Waals surface area contributed by atoms with Crippen LogP contribution in [-0.4, -0.2) is 23.8 Å². The van der Waals surface area contributed by atoms with Crippen molar-refractivity contribution in [2.75, 3.05) is 18.6 Å². The molecule has 2 N–H and O–H groups in total. The van der Waals surface area contributed by atoms with Crippen molar-refractivity contribution in [1.29, 1.82) is 0 Å². The zero-order valence-electron chi connectivity index (χ0n) is 9.06. The highest BCUT2D eigenvalue weighted by molar-refractivity contribution is 8.01. The number of carbonyl (C=O) groups excluding carboxylic acids is 1. The molecule has 1 aromatic heterocycles. The molecular weight excluding hydrogens is 244 g/mol. The molecule has 16 heavy (non-hydrogen) atoms. The lowest BCUT2D eigenvalue weighted by Crippen LogP contribution is -2.12. The standard InChI is InChI=1S/C10H14N2O2S2/c1-14-8(13)4-10(2-3-10)6-15-9-12-5-7(11)16-9/h5H,2-4,6,11H2,1H3. The molecule has 88 valence electrons. The van der Waals surface area contributed by atoms with Gasteiger partial charge in [-0.05, 0) is 18.3 Å². The largest absolute Gasteiger partial charge is 0.469 e. The van der Waals surface area contributed by atoms with Crippen LogP contribution in [0.1, 0.15) is 19.3 Å². The number of methoxy groups -OCH3 is 1. The highest BCUT2D eigenvalue weighted by atomic mass is 32.2. The molecule has 1 aromatic rings. The third-order valence-electron chi connectivity index (χ3n) is 2.71. The van der Waals surface area contributed by atoms with Crippen molar-refractivity contribution >= 4 is 34.1 Å². The van der Waals surface area contributed by atoms with Crippen molar-refractivity contribution in [2.45, 2.75) is 23.6 Å². The number of rotatable bonds is 5. The molecule has 1 fully saturated rings. The molecule has 0 spiro atoms. The van der Waals surface area contributed by atoms with Crippen LogP contribution in [0.15, 0.2) is 10.5 Å². The van der Waals surface area contributed by atoms with Gasteiger partial charge in [0.1, 0.15) is 5.00 Å². The van der Waals surface area contributed by atoms with E-state index in [9.17, 15) is 4.79 Å². The Labute approximate surface area is 103 Å². The molecule has 2 rings (SSSR count). The Balaban J connectivity index is 1.83. The maximum absolute atomic E-state index is 11.2. The van der Waals surface area contributed by atoms with Crippen molar-refractivity contribution in [3.05, 3.63) is 6.20 Å². The average Bonchev–Trinajstić information content (AvgIpc) is 2.90. The van der Waals surface area contributed by atoms with E-state index in [4.69, 9.17) is 10.5 Å². The summed E-state index contributed by atoms with van der Waals surface area (Å²) in [5.74, 6) is 0.812. The summed E-state index contributed by atoms with van der Waals surface area (Å²) in [5.41, 5.74) is 5.76. The van der Waals surface area contributed by atoms with E-state index in [1.54, 1.807) is 18.0 Å². The van der Waals surface area contributed by atoms with Crippen molar-refractivity contribution in [3.63, 3.8) is 0 Å². The molecule has 0 radical (unpaired) electrons. The number of hydrogen-bond acceptors (Lipinski definition) is 6. The van der Waals surface area contributed by atoms with Crippen LogP contribution >= 0.6 is 23.1 Å². The lowest BCUT2D eigenvalue weighted by Gasteiger charge is -2.11. The average molecular weight is 258 g/mol. The molecule has 1 aliphatic carbocycles. The third kappa shape index (κ3) is 2.89. The number of carbonyl (C=O) groups is 1. The number of hydrogen-bond donors (Lipinski definition) is 1. The van der Waals surface area contributed by atoms with E-state index in [0.29, 0.717) is 6.42 Å². The minimum absolute atomic E-state index is 0.114. The van der Waals surface area contributed by atoms with E-state index >= 15 is 0 Å². The monoisotopic (exact) mass is 258 g/mol. The third-order valence-corrected chi connectivity index (χ3v) is 5.04. The molecule has 0 aliphatic heterocycles. The highest BCUT2D eigenvalue weighted by Crippen LogP contribution is 2.52. The first-order chi connectivity index (χ1) is 7.63. The van der Waals surface area contributed by atoms with Gasteiger partial charge in [-0.1, -0.05) is 23.1 Å². The number of nitrogens with two attached hydrogens (primary N) is 1. The SMILES string of the molecule is COC(=O)CC1(CSc2ncc(N)s2)CC1. The minimum Gasteiger partial charge on any atom is -0.469 e. The number of thioether (sulfide) groups is 1. The van der Waals surface area contributed by atoms with E-state index in [1.165, 1.54) is 18.4 Å². The van der Waals surface area contributed by atoms with Crippen LogP contribution in [0.25, 0.3) is 0 Å². The van der Waals surface area contributed by atoms with Crippen LogP contribution < -0.4 is 5.73 Å². The van der Waals surface area contributed by atoms with Gasteiger partial charge in [-0.3, -0.25) is 4.79 Å². The molecule has 4 nitrogen and oxygen atoms in total. The number of ether oxygens (including phenoxy) is 1.